The van der Waals surface area contributed by atoms with Gasteiger partial charge in [-0.1, -0.05) is 43.0 Å². The number of urea groups is 1. The van der Waals surface area contributed by atoms with Crippen molar-refractivity contribution in [3.05, 3.63) is 34.9 Å². The van der Waals surface area contributed by atoms with Crippen LogP contribution in [0.3, 0.4) is 0 Å². The number of carbonyl (C=O) groups excluding carboxylic acids is 1. The number of amides is 2. The number of hydrogen-bond donors (Lipinski definition) is 1. The molecule has 0 radical (unpaired) electrons. The molecule has 0 spiro atoms. The molecule has 3 rings (SSSR count). The normalized spacial score (nSPS) is 20.7. The first-order valence-electron chi connectivity index (χ1n) is 9.12. The minimum Gasteiger partial charge on any atom is -0.335 e. The van der Waals surface area contributed by atoms with E-state index < -0.39 is 0 Å². The zero-order valence-corrected chi connectivity index (χ0v) is 15.2. The van der Waals surface area contributed by atoms with Gasteiger partial charge >= 0.3 is 6.03 Å². The Morgan fingerprint density at radius 1 is 1.12 bits per heavy atom. The van der Waals surface area contributed by atoms with Gasteiger partial charge in [-0.3, -0.25) is 4.90 Å². The average molecular weight is 361 g/mol. The number of nitrogens with one attached hydrogen (secondary N) is 1. The number of nitrogens with zero attached hydrogens (tertiary/aromatic N) is 3. The number of halogens is 1. The summed E-state index contributed by atoms with van der Waals surface area (Å²) in [4.78, 5) is 16.4. The van der Waals surface area contributed by atoms with E-state index in [1.54, 1.807) is 0 Å². The van der Waals surface area contributed by atoms with Gasteiger partial charge in [0.25, 0.3) is 0 Å². The lowest BCUT2D eigenvalue weighted by Gasteiger charge is -2.37. The number of piperazine rings is 1. The molecule has 1 aromatic rings. The highest BCUT2D eigenvalue weighted by molar-refractivity contribution is 6.30. The molecule has 1 aromatic carbocycles. The molecule has 25 heavy (non-hydrogen) atoms. The van der Waals surface area contributed by atoms with E-state index in [0.717, 1.165) is 18.4 Å². The standard InChI is InChI=1S/C19H25ClN4O/c20-16-8-6-15(7-9-16)18(14-21)23-10-12-24(13-11-23)19(25)22-17-4-2-1-3-5-17/h6-9,17-18H,1-5,10-13H2,(H,22,25). The van der Waals surface area contributed by atoms with Crippen molar-refractivity contribution in [1.29, 1.82) is 5.26 Å². The molecule has 1 N–H and O–H groups in total. The van der Waals surface area contributed by atoms with Crippen LogP contribution in [0.1, 0.15) is 43.7 Å². The number of carbonyl (C=O) groups is 1. The lowest BCUT2D eigenvalue weighted by Crippen LogP contribution is -2.54. The third kappa shape index (κ3) is 4.65. The first kappa shape index (κ1) is 18.0. The summed E-state index contributed by atoms with van der Waals surface area (Å²) < 4.78 is 0. The van der Waals surface area contributed by atoms with Gasteiger partial charge in [0.2, 0.25) is 0 Å². The summed E-state index contributed by atoms with van der Waals surface area (Å²) >= 11 is 5.93. The monoisotopic (exact) mass is 360 g/mol. The largest absolute Gasteiger partial charge is 0.335 e. The Morgan fingerprint density at radius 3 is 2.36 bits per heavy atom. The lowest BCUT2D eigenvalue weighted by molar-refractivity contribution is 0.121. The fraction of sp³-hybridized carbons (Fsp3) is 0.579. The van der Waals surface area contributed by atoms with Crippen LogP contribution in [0.2, 0.25) is 5.02 Å². The van der Waals surface area contributed by atoms with Crippen LogP contribution in [0.15, 0.2) is 24.3 Å². The highest BCUT2D eigenvalue weighted by Crippen LogP contribution is 2.23. The Kier molecular flexibility index (Phi) is 6.17. The van der Waals surface area contributed by atoms with E-state index >= 15 is 0 Å². The van der Waals surface area contributed by atoms with Gasteiger partial charge < -0.3 is 10.2 Å². The molecule has 134 valence electrons. The highest BCUT2D eigenvalue weighted by Gasteiger charge is 2.28. The first-order valence-corrected chi connectivity index (χ1v) is 9.50. The van der Waals surface area contributed by atoms with Gasteiger partial charge in [0.05, 0.1) is 6.07 Å². The first-order chi connectivity index (χ1) is 12.2. The topological polar surface area (TPSA) is 59.4 Å². The summed E-state index contributed by atoms with van der Waals surface area (Å²) in [6.45, 7) is 2.73. The molecule has 0 bridgehead atoms. The van der Waals surface area contributed by atoms with Gasteiger partial charge in [0, 0.05) is 37.2 Å². The molecule has 1 aliphatic heterocycles. The molecule has 2 amide bonds. The summed E-state index contributed by atoms with van der Waals surface area (Å²) in [7, 11) is 0. The third-order valence-corrected chi connectivity index (χ3v) is 5.46. The molecule has 0 aromatic heterocycles. The van der Waals surface area contributed by atoms with Crippen molar-refractivity contribution in [2.45, 2.75) is 44.2 Å². The molecule has 1 aliphatic carbocycles. The van der Waals surface area contributed by atoms with E-state index in [1.165, 1.54) is 19.3 Å². The maximum atomic E-state index is 12.4. The predicted octanol–water partition coefficient (Wildman–Crippen LogP) is 3.56. The SMILES string of the molecule is N#CC(c1ccc(Cl)cc1)N1CCN(C(=O)NC2CCCCC2)CC1. The van der Waals surface area contributed by atoms with Crippen LogP contribution < -0.4 is 5.32 Å². The Labute approximate surface area is 154 Å². The van der Waals surface area contributed by atoms with Crippen LogP contribution in [0.4, 0.5) is 4.79 Å². The smallest absolute Gasteiger partial charge is 0.317 e. The molecule has 1 unspecified atom stereocenters. The van der Waals surface area contributed by atoms with Crippen molar-refractivity contribution in [2.24, 2.45) is 0 Å². The van der Waals surface area contributed by atoms with E-state index in [2.05, 4.69) is 16.3 Å². The van der Waals surface area contributed by atoms with Crippen LogP contribution in [0.5, 0.6) is 0 Å². The van der Waals surface area contributed by atoms with E-state index in [-0.39, 0.29) is 12.1 Å². The number of hydrogen-bond acceptors (Lipinski definition) is 3. The summed E-state index contributed by atoms with van der Waals surface area (Å²) in [5.74, 6) is 0. The van der Waals surface area contributed by atoms with E-state index in [1.807, 2.05) is 29.2 Å². The van der Waals surface area contributed by atoms with Gasteiger partial charge in [0.1, 0.15) is 6.04 Å². The van der Waals surface area contributed by atoms with E-state index in [9.17, 15) is 10.1 Å². The average Bonchev–Trinajstić information content (AvgIpc) is 2.65. The molecule has 5 nitrogen and oxygen atoms in total. The molecule has 6 heteroatoms. The van der Waals surface area contributed by atoms with Crippen molar-refractivity contribution in [3.8, 4) is 6.07 Å². The zero-order chi connectivity index (χ0) is 17.6. The van der Waals surface area contributed by atoms with E-state index in [0.29, 0.717) is 37.2 Å². The predicted molar refractivity (Wildman–Crippen MR) is 98.4 cm³/mol. The van der Waals surface area contributed by atoms with Gasteiger partial charge in [-0.25, -0.2) is 4.79 Å². The molecule has 2 fully saturated rings. The summed E-state index contributed by atoms with van der Waals surface area (Å²) in [5, 5.41) is 13.4. The van der Waals surface area contributed by atoms with E-state index in [4.69, 9.17) is 11.6 Å². The summed E-state index contributed by atoms with van der Waals surface area (Å²) in [6.07, 6.45) is 5.90. The second-order valence-corrected chi connectivity index (χ2v) is 7.33. The molecule has 1 heterocycles. The molecule has 1 saturated heterocycles. The molecular formula is C19H25ClN4O. The van der Waals surface area contributed by atoms with Gasteiger partial charge in [-0.2, -0.15) is 5.26 Å². The van der Waals surface area contributed by atoms with Crippen LogP contribution in [0, 0.1) is 11.3 Å². The number of nitriles is 1. The quantitative estimate of drug-likeness (QED) is 0.896. The number of benzene rings is 1. The Bertz CT molecular complexity index is 613. The summed E-state index contributed by atoms with van der Waals surface area (Å²) in [6, 6.07) is 9.90. The zero-order valence-electron chi connectivity index (χ0n) is 14.5. The van der Waals surface area contributed by atoms with Gasteiger partial charge in [0.15, 0.2) is 0 Å². The van der Waals surface area contributed by atoms with Crippen molar-refractivity contribution >= 4 is 17.6 Å². The number of rotatable bonds is 3. The third-order valence-electron chi connectivity index (χ3n) is 5.21. The highest BCUT2D eigenvalue weighted by atomic mass is 35.5. The van der Waals surface area contributed by atoms with Crippen molar-refractivity contribution in [3.63, 3.8) is 0 Å². The van der Waals surface area contributed by atoms with Crippen LogP contribution in [0.25, 0.3) is 0 Å². The van der Waals surface area contributed by atoms with Crippen molar-refractivity contribution in [2.75, 3.05) is 26.2 Å². The molecular weight excluding hydrogens is 336 g/mol. The van der Waals surface area contributed by atoms with Crippen LogP contribution in [-0.4, -0.2) is 48.1 Å². The minimum atomic E-state index is -0.291. The van der Waals surface area contributed by atoms with Gasteiger partial charge in [-0.15, -0.1) is 0 Å². The van der Waals surface area contributed by atoms with Crippen molar-refractivity contribution < 1.29 is 4.79 Å². The summed E-state index contributed by atoms with van der Waals surface area (Å²) in [5.41, 5.74) is 0.951. The van der Waals surface area contributed by atoms with Crippen LogP contribution in [-0.2, 0) is 0 Å². The maximum Gasteiger partial charge on any atom is 0.317 e. The Balaban J connectivity index is 1.52. The molecule has 2 aliphatic rings. The minimum absolute atomic E-state index is 0.0477. The molecule has 1 saturated carbocycles. The van der Waals surface area contributed by atoms with Crippen molar-refractivity contribution in [1.82, 2.24) is 15.1 Å². The maximum absolute atomic E-state index is 12.4. The molecule has 1 atom stereocenters. The fourth-order valence-corrected chi connectivity index (χ4v) is 3.83. The Morgan fingerprint density at radius 2 is 1.76 bits per heavy atom. The second kappa shape index (κ2) is 8.55. The van der Waals surface area contributed by atoms with Crippen LogP contribution >= 0.6 is 11.6 Å². The second-order valence-electron chi connectivity index (χ2n) is 6.89. The fourth-order valence-electron chi connectivity index (χ4n) is 3.71. The van der Waals surface area contributed by atoms with Gasteiger partial charge in [-0.05, 0) is 30.5 Å². The lowest BCUT2D eigenvalue weighted by atomic mass is 9.96. The Hall–Kier alpha value is -1.77.